The van der Waals surface area contributed by atoms with Crippen LogP contribution in [0.2, 0.25) is 5.02 Å². The highest BCUT2D eigenvalue weighted by Crippen LogP contribution is 2.25. The van der Waals surface area contributed by atoms with Crippen LogP contribution in [0.4, 0.5) is 5.69 Å². The molecule has 0 atom stereocenters. The number of benzene rings is 1. The van der Waals surface area contributed by atoms with Crippen molar-refractivity contribution in [2.24, 2.45) is 5.14 Å². The van der Waals surface area contributed by atoms with Gasteiger partial charge in [0.2, 0.25) is 10.0 Å². The Kier molecular flexibility index (Phi) is 2.51. The lowest BCUT2D eigenvalue weighted by atomic mass is 10.2. The summed E-state index contributed by atoms with van der Waals surface area (Å²) in [7, 11) is -3.76. The van der Waals surface area contributed by atoms with Crippen LogP contribution in [0.3, 0.4) is 0 Å². The first-order chi connectivity index (χ1) is 5.82. The van der Waals surface area contributed by atoms with Gasteiger partial charge in [0, 0.05) is 5.69 Å². The molecule has 0 spiro atoms. The number of nitrogens with two attached hydrogens (primary N) is 2. The lowest BCUT2D eigenvalue weighted by molar-refractivity contribution is 0.598. The van der Waals surface area contributed by atoms with Gasteiger partial charge in [0.25, 0.3) is 0 Å². The van der Waals surface area contributed by atoms with Crippen molar-refractivity contribution in [3.8, 4) is 0 Å². The molecule has 0 amide bonds. The minimum absolute atomic E-state index is 0.0469. The second-order valence-electron chi connectivity index (χ2n) is 2.68. The number of halogens is 1. The highest BCUT2D eigenvalue weighted by atomic mass is 35.5. The van der Waals surface area contributed by atoms with Crippen LogP contribution in [-0.4, -0.2) is 8.42 Å². The number of hydrogen-bond donors (Lipinski definition) is 2. The standard InChI is InChI=1S/C7H9ClN2O2S/c1-4-2-7(13(10,11)12)5(8)3-6(4)9/h2-3H,9H2,1H3,(H2,10,11,12). The van der Waals surface area contributed by atoms with E-state index < -0.39 is 10.0 Å². The Bertz CT molecular complexity index is 442. The molecule has 0 saturated carbocycles. The van der Waals surface area contributed by atoms with Gasteiger partial charge in [0.15, 0.2) is 0 Å². The van der Waals surface area contributed by atoms with Crippen molar-refractivity contribution >= 4 is 27.3 Å². The number of nitrogen functional groups attached to an aromatic ring is 1. The normalized spacial score (nSPS) is 11.6. The predicted octanol–water partition coefficient (Wildman–Crippen LogP) is 0.878. The highest BCUT2D eigenvalue weighted by Gasteiger charge is 2.13. The molecule has 0 fully saturated rings. The first kappa shape index (κ1) is 10.3. The van der Waals surface area contributed by atoms with Gasteiger partial charge in [-0.05, 0) is 24.6 Å². The average Bonchev–Trinajstić information content (AvgIpc) is 1.94. The van der Waals surface area contributed by atoms with E-state index in [1.165, 1.54) is 12.1 Å². The number of aryl methyl sites for hydroxylation is 1. The molecule has 1 rings (SSSR count). The van der Waals surface area contributed by atoms with E-state index in [1.807, 2.05) is 0 Å². The first-order valence-corrected chi connectivity index (χ1v) is 5.33. The Hall–Kier alpha value is -0.780. The van der Waals surface area contributed by atoms with Gasteiger partial charge in [-0.25, -0.2) is 13.6 Å². The van der Waals surface area contributed by atoms with Gasteiger partial charge in [-0.15, -0.1) is 0 Å². The van der Waals surface area contributed by atoms with Gasteiger partial charge in [-0.1, -0.05) is 11.6 Å². The largest absolute Gasteiger partial charge is 0.398 e. The zero-order valence-corrected chi connectivity index (χ0v) is 8.48. The van der Waals surface area contributed by atoms with Crippen LogP contribution < -0.4 is 10.9 Å². The van der Waals surface area contributed by atoms with E-state index in [9.17, 15) is 8.42 Å². The van der Waals surface area contributed by atoms with Gasteiger partial charge in [-0.2, -0.15) is 0 Å². The maximum absolute atomic E-state index is 11.0. The summed E-state index contributed by atoms with van der Waals surface area (Å²) < 4.78 is 21.9. The van der Waals surface area contributed by atoms with E-state index in [4.69, 9.17) is 22.5 Å². The molecule has 0 unspecified atom stereocenters. The summed E-state index contributed by atoms with van der Waals surface area (Å²) in [4.78, 5) is -0.0964. The third kappa shape index (κ3) is 2.12. The van der Waals surface area contributed by atoms with Crippen molar-refractivity contribution in [1.29, 1.82) is 0 Å². The number of primary sulfonamides is 1. The fraction of sp³-hybridized carbons (Fsp3) is 0.143. The lowest BCUT2D eigenvalue weighted by Crippen LogP contribution is -2.13. The van der Waals surface area contributed by atoms with Gasteiger partial charge in [0.05, 0.1) is 5.02 Å². The zero-order chi connectivity index (χ0) is 10.2. The van der Waals surface area contributed by atoms with Crippen LogP contribution in [0.1, 0.15) is 5.56 Å². The van der Waals surface area contributed by atoms with Crippen molar-refractivity contribution in [3.63, 3.8) is 0 Å². The van der Waals surface area contributed by atoms with E-state index in [0.717, 1.165) is 0 Å². The summed E-state index contributed by atoms with van der Waals surface area (Å²) in [5, 5.41) is 4.97. The number of hydrogen-bond acceptors (Lipinski definition) is 3. The summed E-state index contributed by atoms with van der Waals surface area (Å²) in [6.45, 7) is 1.68. The first-order valence-electron chi connectivity index (χ1n) is 3.41. The molecule has 0 aliphatic rings. The van der Waals surface area contributed by atoms with Gasteiger partial charge in [0.1, 0.15) is 4.90 Å². The Morgan fingerprint density at radius 2 is 1.92 bits per heavy atom. The van der Waals surface area contributed by atoms with E-state index in [2.05, 4.69) is 0 Å². The Labute approximate surface area is 81.5 Å². The Morgan fingerprint density at radius 3 is 2.38 bits per heavy atom. The molecule has 0 heterocycles. The molecule has 1 aromatic rings. The van der Waals surface area contributed by atoms with Crippen molar-refractivity contribution in [1.82, 2.24) is 0 Å². The van der Waals surface area contributed by atoms with Crippen LogP contribution in [-0.2, 0) is 10.0 Å². The minimum atomic E-state index is -3.76. The van der Waals surface area contributed by atoms with Crippen LogP contribution >= 0.6 is 11.6 Å². The molecule has 4 N–H and O–H groups in total. The van der Waals surface area contributed by atoms with Gasteiger partial charge >= 0.3 is 0 Å². The van der Waals surface area contributed by atoms with E-state index in [0.29, 0.717) is 11.3 Å². The van der Waals surface area contributed by atoms with Crippen LogP contribution in [0.5, 0.6) is 0 Å². The molecule has 0 aliphatic heterocycles. The van der Waals surface area contributed by atoms with Crippen molar-refractivity contribution in [3.05, 3.63) is 22.7 Å². The second-order valence-corrected chi connectivity index (χ2v) is 4.62. The molecule has 0 aromatic heterocycles. The molecule has 4 nitrogen and oxygen atoms in total. The molecule has 0 saturated heterocycles. The summed E-state index contributed by atoms with van der Waals surface area (Å²) in [6.07, 6.45) is 0. The fourth-order valence-electron chi connectivity index (χ4n) is 0.888. The Balaban J connectivity index is 3.50. The molecule has 0 radical (unpaired) electrons. The van der Waals surface area contributed by atoms with Gasteiger partial charge in [-0.3, -0.25) is 0 Å². The van der Waals surface area contributed by atoms with Crippen LogP contribution in [0.15, 0.2) is 17.0 Å². The minimum Gasteiger partial charge on any atom is -0.398 e. The molecule has 0 bridgehead atoms. The molecule has 72 valence electrons. The summed E-state index contributed by atoms with van der Waals surface area (Å²) in [6, 6.07) is 2.73. The van der Waals surface area contributed by atoms with E-state index in [1.54, 1.807) is 6.92 Å². The van der Waals surface area contributed by atoms with Crippen molar-refractivity contribution in [2.75, 3.05) is 5.73 Å². The lowest BCUT2D eigenvalue weighted by Gasteiger charge is -2.05. The predicted molar refractivity (Wildman–Crippen MR) is 52.0 cm³/mol. The second kappa shape index (κ2) is 3.17. The van der Waals surface area contributed by atoms with E-state index >= 15 is 0 Å². The van der Waals surface area contributed by atoms with E-state index in [-0.39, 0.29) is 9.92 Å². The number of rotatable bonds is 1. The summed E-state index contributed by atoms with van der Waals surface area (Å²) >= 11 is 5.65. The third-order valence-corrected chi connectivity index (χ3v) is 3.00. The number of anilines is 1. The molecule has 1 aromatic carbocycles. The number of sulfonamides is 1. The topological polar surface area (TPSA) is 86.2 Å². The van der Waals surface area contributed by atoms with Crippen LogP contribution in [0.25, 0.3) is 0 Å². The van der Waals surface area contributed by atoms with Crippen LogP contribution in [0, 0.1) is 6.92 Å². The average molecular weight is 221 g/mol. The molecule has 0 aliphatic carbocycles. The smallest absolute Gasteiger partial charge is 0.239 e. The molecule has 13 heavy (non-hydrogen) atoms. The maximum Gasteiger partial charge on any atom is 0.239 e. The van der Waals surface area contributed by atoms with Crippen molar-refractivity contribution in [2.45, 2.75) is 11.8 Å². The molecular weight excluding hydrogens is 212 g/mol. The molecular formula is C7H9ClN2O2S. The highest BCUT2D eigenvalue weighted by molar-refractivity contribution is 7.89. The van der Waals surface area contributed by atoms with Gasteiger partial charge < -0.3 is 5.73 Å². The molecule has 6 heteroatoms. The fourth-order valence-corrected chi connectivity index (χ4v) is 2.05. The zero-order valence-electron chi connectivity index (χ0n) is 6.91. The Morgan fingerprint density at radius 1 is 1.38 bits per heavy atom. The third-order valence-electron chi connectivity index (χ3n) is 1.63. The monoisotopic (exact) mass is 220 g/mol. The quantitative estimate of drug-likeness (QED) is 0.689. The maximum atomic E-state index is 11.0. The van der Waals surface area contributed by atoms with Crippen molar-refractivity contribution < 1.29 is 8.42 Å². The summed E-state index contributed by atoms with van der Waals surface area (Å²) in [5.74, 6) is 0. The SMILES string of the molecule is Cc1cc(S(N)(=O)=O)c(Cl)cc1N. The summed E-state index contributed by atoms with van der Waals surface area (Å²) in [5.41, 5.74) is 6.59.